The van der Waals surface area contributed by atoms with E-state index in [0.717, 1.165) is 16.0 Å². The highest BCUT2D eigenvalue weighted by Crippen LogP contribution is 2.32. The lowest BCUT2D eigenvalue weighted by atomic mass is 10.1. The molecule has 1 aromatic carbocycles. The second-order valence-electron chi connectivity index (χ2n) is 4.58. The minimum absolute atomic E-state index is 0.0581. The Hall–Kier alpha value is -1.72. The second kappa shape index (κ2) is 6.15. The monoisotopic (exact) mass is 293 g/mol. The molecule has 2 aromatic rings. The fourth-order valence-corrected chi connectivity index (χ4v) is 3.09. The molecular formula is C15H16FNO2S. The van der Waals surface area contributed by atoms with Crippen LogP contribution in [0.15, 0.2) is 30.3 Å². The highest BCUT2D eigenvalue weighted by molar-refractivity contribution is 7.17. The molecule has 0 saturated heterocycles. The molecule has 0 aliphatic carbocycles. The second-order valence-corrected chi connectivity index (χ2v) is 5.63. The van der Waals surface area contributed by atoms with Gasteiger partial charge in [-0.05, 0) is 36.2 Å². The molecule has 5 heteroatoms. The number of thiophene rings is 1. The molecule has 0 radical (unpaired) electrons. The van der Waals surface area contributed by atoms with Crippen molar-refractivity contribution in [3.8, 4) is 10.4 Å². The van der Waals surface area contributed by atoms with Gasteiger partial charge in [0.25, 0.3) is 5.91 Å². The maximum atomic E-state index is 12.9. The molecule has 20 heavy (non-hydrogen) atoms. The number of likely N-dealkylation sites (N-methyl/N-ethyl adjacent to an activating group) is 1. The van der Waals surface area contributed by atoms with Crippen molar-refractivity contribution in [1.29, 1.82) is 0 Å². The number of carbonyl (C=O) groups is 1. The summed E-state index contributed by atoms with van der Waals surface area (Å²) in [4.78, 5) is 15.2. The van der Waals surface area contributed by atoms with Gasteiger partial charge in [0.05, 0.1) is 11.5 Å². The summed E-state index contributed by atoms with van der Waals surface area (Å²) in [6, 6.07) is 8.07. The van der Waals surface area contributed by atoms with Gasteiger partial charge in [-0.1, -0.05) is 12.1 Å². The Kier molecular flexibility index (Phi) is 4.52. The maximum Gasteiger partial charge on any atom is 0.263 e. The summed E-state index contributed by atoms with van der Waals surface area (Å²) in [5.74, 6) is -0.387. The van der Waals surface area contributed by atoms with Crippen LogP contribution < -0.4 is 0 Å². The molecule has 1 heterocycles. The van der Waals surface area contributed by atoms with Gasteiger partial charge < -0.3 is 10.0 Å². The number of aliphatic hydroxyl groups is 1. The van der Waals surface area contributed by atoms with Crippen molar-refractivity contribution in [3.63, 3.8) is 0 Å². The summed E-state index contributed by atoms with van der Waals surface area (Å²) in [6.07, 6.45) is 0. The third kappa shape index (κ3) is 3.05. The van der Waals surface area contributed by atoms with Gasteiger partial charge in [0.1, 0.15) is 5.82 Å². The fourth-order valence-electron chi connectivity index (χ4n) is 1.92. The molecule has 2 rings (SSSR count). The van der Waals surface area contributed by atoms with Gasteiger partial charge in [-0.25, -0.2) is 4.39 Å². The van der Waals surface area contributed by atoms with Crippen LogP contribution in [0.2, 0.25) is 0 Å². The SMILES string of the molecule is Cc1cc(C(=O)N(C)CCO)sc1-c1ccc(F)cc1. The molecule has 106 valence electrons. The fraction of sp³-hybridized carbons (Fsp3) is 0.267. The van der Waals surface area contributed by atoms with Crippen molar-refractivity contribution in [3.05, 3.63) is 46.6 Å². The van der Waals surface area contributed by atoms with Crippen LogP contribution in [0.3, 0.4) is 0 Å². The normalized spacial score (nSPS) is 10.6. The van der Waals surface area contributed by atoms with Gasteiger partial charge in [-0.15, -0.1) is 11.3 Å². The minimum Gasteiger partial charge on any atom is -0.395 e. The first-order valence-electron chi connectivity index (χ1n) is 6.25. The standard InChI is InChI=1S/C15H16FNO2S/c1-10-9-13(15(19)17(2)7-8-18)20-14(10)11-3-5-12(16)6-4-11/h3-6,9,18H,7-8H2,1-2H3. The van der Waals surface area contributed by atoms with Crippen LogP contribution in [0.4, 0.5) is 4.39 Å². The van der Waals surface area contributed by atoms with Gasteiger partial charge in [0.2, 0.25) is 0 Å². The van der Waals surface area contributed by atoms with Crippen molar-refractivity contribution >= 4 is 17.2 Å². The molecule has 0 fully saturated rings. The largest absolute Gasteiger partial charge is 0.395 e. The topological polar surface area (TPSA) is 40.5 Å². The Morgan fingerprint density at radius 1 is 1.35 bits per heavy atom. The number of nitrogens with zero attached hydrogens (tertiary/aromatic N) is 1. The first kappa shape index (κ1) is 14.7. The zero-order valence-electron chi connectivity index (χ0n) is 11.4. The Morgan fingerprint density at radius 2 is 2.00 bits per heavy atom. The lowest BCUT2D eigenvalue weighted by molar-refractivity contribution is 0.0771. The van der Waals surface area contributed by atoms with E-state index in [0.29, 0.717) is 11.4 Å². The molecule has 0 spiro atoms. The summed E-state index contributed by atoms with van der Waals surface area (Å²) in [5, 5.41) is 8.87. The number of carbonyl (C=O) groups excluding carboxylic acids is 1. The summed E-state index contributed by atoms with van der Waals surface area (Å²) in [5.41, 5.74) is 1.89. The number of halogens is 1. The molecule has 0 aliphatic heterocycles. The summed E-state index contributed by atoms with van der Waals surface area (Å²) in [7, 11) is 1.66. The third-order valence-corrected chi connectivity index (χ3v) is 4.29. The molecule has 0 aliphatic rings. The Bertz CT molecular complexity index is 607. The number of benzene rings is 1. The first-order chi connectivity index (χ1) is 9.52. The number of hydrogen-bond donors (Lipinski definition) is 1. The summed E-state index contributed by atoms with van der Waals surface area (Å²) < 4.78 is 12.9. The highest BCUT2D eigenvalue weighted by Gasteiger charge is 2.16. The van der Waals surface area contributed by atoms with E-state index in [9.17, 15) is 9.18 Å². The maximum absolute atomic E-state index is 12.9. The lowest BCUT2D eigenvalue weighted by Gasteiger charge is -2.13. The van der Waals surface area contributed by atoms with E-state index in [2.05, 4.69) is 0 Å². The number of aliphatic hydroxyl groups excluding tert-OH is 1. The van der Waals surface area contributed by atoms with Crippen molar-refractivity contribution < 1.29 is 14.3 Å². The van der Waals surface area contributed by atoms with Crippen LogP contribution in [0.5, 0.6) is 0 Å². The van der Waals surface area contributed by atoms with E-state index in [-0.39, 0.29) is 18.3 Å². The van der Waals surface area contributed by atoms with E-state index >= 15 is 0 Å². The highest BCUT2D eigenvalue weighted by atomic mass is 32.1. The van der Waals surface area contributed by atoms with E-state index in [1.165, 1.54) is 28.4 Å². The van der Waals surface area contributed by atoms with Crippen LogP contribution in [0, 0.1) is 12.7 Å². The van der Waals surface area contributed by atoms with Crippen molar-refractivity contribution in [1.82, 2.24) is 4.90 Å². The lowest BCUT2D eigenvalue weighted by Crippen LogP contribution is -2.28. The first-order valence-corrected chi connectivity index (χ1v) is 7.07. The number of rotatable bonds is 4. The van der Waals surface area contributed by atoms with Crippen LogP contribution in [0.25, 0.3) is 10.4 Å². The van der Waals surface area contributed by atoms with Gasteiger partial charge in [-0.3, -0.25) is 4.79 Å². The molecule has 1 amide bonds. The van der Waals surface area contributed by atoms with Crippen LogP contribution in [0.1, 0.15) is 15.2 Å². The van der Waals surface area contributed by atoms with Crippen LogP contribution in [-0.2, 0) is 0 Å². The molecule has 0 bridgehead atoms. The minimum atomic E-state index is -0.276. The molecular weight excluding hydrogens is 277 g/mol. The van der Waals surface area contributed by atoms with Gasteiger partial charge >= 0.3 is 0 Å². The smallest absolute Gasteiger partial charge is 0.263 e. The third-order valence-electron chi connectivity index (χ3n) is 3.02. The van der Waals surface area contributed by atoms with Gasteiger partial charge in [-0.2, -0.15) is 0 Å². The molecule has 3 nitrogen and oxygen atoms in total. The molecule has 0 saturated carbocycles. The zero-order valence-corrected chi connectivity index (χ0v) is 12.2. The molecule has 0 atom stereocenters. The number of amides is 1. The van der Waals surface area contributed by atoms with Crippen LogP contribution >= 0.6 is 11.3 Å². The van der Waals surface area contributed by atoms with Crippen molar-refractivity contribution in [2.45, 2.75) is 6.92 Å². The predicted octanol–water partition coefficient (Wildman–Crippen LogP) is 2.93. The molecule has 0 unspecified atom stereocenters. The summed E-state index contributed by atoms with van der Waals surface area (Å²) >= 11 is 1.39. The molecule has 1 aromatic heterocycles. The van der Waals surface area contributed by atoms with E-state index in [1.54, 1.807) is 19.2 Å². The number of hydrogen-bond acceptors (Lipinski definition) is 3. The number of aryl methyl sites for hydroxylation is 1. The van der Waals surface area contributed by atoms with Crippen molar-refractivity contribution in [2.75, 3.05) is 20.2 Å². The van der Waals surface area contributed by atoms with Crippen LogP contribution in [-0.4, -0.2) is 36.1 Å². The van der Waals surface area contributed by atoms with Crippen molar-refractivity contribution in [2.24, 2.45) is 0 Å². The average Bonchev–Trinajstić information content (AvgIpc) is 2.81. The molecule has 1 N–H and O–H groups in total. The van der Waals surface area contributed by atoms with E-state index in [4.69, 9.17) is 5.11 Å². The predicted molar refractivity (Wildman–Crippen MR) is 78.5 cm³/mol. The van der Waals surface area contributed by atoms with E-state index in [1.807, 2.05) is 13.0 Å². The van der Waals surface area contributed by atoms with E-state index < -0.39 is 0 Å². The average molecular weight is 293 g/mol. The Labute approximate surface area is 121 Å². The Morgan fingerprint density at radius 3 is 2.60 bits per heavy atom. The zero-order chi connectivity index (χ0) is 14.7. The Balaban J connectivity index is 2.30. The summed E-state index contributed by atoms with van der Waals surface area (Å²) in [6.45, 7) is 2.18. The van der Waals surface area contributed by atoms with Gasteiger partial charge in [0, 0.05) is 18.5 Å². The van der Waals surface area contributed by atoms with Gasteiger partial charge in [0.15, 0.2) is 0 Å². The quantitative estimate of drug-likeness (QED) is 0.941.